The zero-order valence-electron chi connectivity index (χ0n) is 8.67. The molecule has 1 aromatic heterocycles. The fourth-order valence-electron chi connectivity index (χ4n) is 1.46. The van der Waals surface area contributed by atoms with Gasteiger partial charge in [-0.05, 0) is 19.1 Å². The summed E-state index contributed by atoms with van der Waals surface area (Å²) < 4.78 is 5.33. The topological polar surface area (TPSA) is 72.3 Å². The molecule has 0 bridgehead atoms. The van der Waals surface area contributed by atoms with Crippen LogP contribution in [0.3, 0.4) is 0 Å². The Morgan fingerprint density at radius 3 is 2.81 bits per heavy atom. The second-order valence-corrected chi connectivity index (χ2v) is 3.13. The number of carboxylic acid groups (broad SMARTS) is 1. The molecular formula is C11H10N2O3. The van der Waals surface area contributed by atoms with Crippen molar-refractivity contribution in [1.29, 1.82) is 0 Å². The Kier molecular flexibility index (Phi) is 2.68. The number of fused-ring (bicyclic) bond motifs is 1. The van der Waals surface area contributed by atoms with Gasteiger partial charge in [-0.2, -0.15) is 0 Å². The Hall–Kier alpha value is -2.17. The molecule has 1 N–H and O–H groups in total. The summed E-state index contributed by atoms with van der Waals surface area (Å²) in [5.74, 6) is -0.859. The molecule has 0 unspecified atom stereocenters. The van der Waals surface area contributed by atoms with Crippen LogP contribution in [0.4, 0.5) is 0 Å². The van der Waals surface area contributed by atoms with Crippen LogP contribution in [-0.2, 0) is 0 Å². The molecule has 2 aromatic rings. The second kappa shape index (κ2) is 4.14. The number of carboxylic acids is 1. The van der Waals surface area contributed by atoms with Crippen LogP contribution >= 0.6 is 0 Å². The summed E-state index contributed by atoms with van der Waals surface area (Å²) in [5.41, 5.74) is 0.469. The highest BCUT2D eigenvalue weighted by molar-refractivity contribution is 5.96. The molecule has 1 aromatic carbocycles. The van der Waals surface area contributed by atoms with Gasteiger partial charge in [-0.3, -0.25) is 0 Å². The smallest absolute Gasteiger partial charge is 0.360 e. The molecule has 0 spiro atoms. The average Bonchev–Trinajstić information content (AvgIpc) is 2.29. The number of aromatic carboxylic acids is 1. The first-order valence-electron chi connectivity index (χ1n) is 4.85. The van der Waals surface area contributed by atoms with Gasteiger partial charge in [-0.1, -0.05) is 12.1 Å². The van der Waals surface area contributed by atoms with E-state index >= 15 is 0 Å². The highest BCUT2D eigenvalue weighted by atomic mass is 16.5. The van der Waals surface area contributed by atoms with Crippen LogP contribution in [0.2, 0.25) is 0 Å². The molecule has 0 radical (unpaired) electrons. The van der Waals surface area contributed by atoms with E-state index in [0.717, 1.165) is 0 Å². The quantitative estimate of drug-likeness (QED) is 0.849. The van der Waals surface area contributed by atoms with E-state index in [1.807, 2.05) is 6.07 Å². The van der Waals surface area contributed by atoms with E-state index < -0.39 is 5.97 Å². The van der Waals surface area contributed by atoms with Crippen molar-refractivity contribution >= 4 is 16.9 Å². The molecule has 0 fully saturated rings. The Bertz CT molecular complexity index is 540. The molecule has 0 aliphatic rings. The number of aromatic nitrogens is 2. The number of carbonyl (C=O) groups is 1. The van der Waals surface area contributed by atoms with E-state index in [4.69, 9.17) is 9.84 Å². The van der Waals surface area contributed by atoms with Crippen LogP contribution in [0.1, 0.15) is 17.4 Å². The maximum Gasteiger partial charge on any atom is 0.360 e. The van der Waals surface area contributed by atoms with Gasteiger partial charge < -0.3 is 9.84 Å². The zero-order chi connectivity index (χ0) is 11.5. The fraction of sp³-hybridized carbons (Fsp3) is 0.182. The van der Waals surface area contributed by atoms with Crippen LogP contribution in [0.15, 0.2) is 24.3 Å². The Labute approximate surface area is 91.7 Å². The molecule has 0 aliphatic carbocycles. The first-order chi connectivity index (χ1) is 7.74. The second-order valence-electron chi connectivity index (χ2n) is 3.13. The number of nitrogens with zero attached hydrogens (tertiary/aromatic N) is 2. The number of hydrogen-bond acceptors (Lipinski definition) is 4. The Balaban J connectivity index is 2.73. The Morgan fingerprint density at radius 2 is 2.12 bits per heavy atom. The predicted molar refractivity (Wildman–Crippen MR) is 57.7 cm³/mol. The molecule has 1 heterocycles. The van der Waals surface area contributed by atoms with E-state index in [2.05, 4.69) is 10.2 Å². The zero-order valence-corrected chi connectivity index (χ0v) is 8.67. The lowest BCUT2D eigenvalue weighted by atomic mass is 10.2. The molecule has 0 amide bonds. The average molecular weight is 218 g/mol. The molecule has 0 atom stereocenters. The molecule has 0 saturated carbocycles. The minimum Gasteiger partial charge on any atom is -0.491 e. The number of benzene rings is 1. The van der Waals surface area contributed by atoms with Gasteiger partial charge >= 0.3 is 5.97 Å². The molecule has 0 aliphatic heterocycles. The van der Waals surface area contributed by atoms with Crippen LogP contribution in [0.25, 0.3) is 10.9 Å². The van der Waals surface area contributed by atoms with Gasteiger partial charge in [0.05, 0.1) is 12.1 Å². The van der Waals surface area contributed by atoms with Gasteiger partial charge in [-0.25, -0.2) is 4.79 Å². The third-order valence-electron chi connectivity index (χ3n) is 2.11. The summed E-state index contributed by atoms with van der Waals surface area (Å²) in [6.07, 6.45) is 0. The Morgan fingerprint density at radius 1 is 1.38 bits per heavy atom. The monoisotopic (exact) mass is 218 g/mol. The summed E-state index contributed by atoms with van der Waals surface area (Å²) in [4.78, 5) is 11.0. The fourth-order valence-corrected chi connectivity index (χ4v) is 1.46. The normalized spacial score (nSPS) is 10.3. The van der Waals surface area contributed by atoms with Crippen molar-refractivity contribution in [3.63, 3.8) is 0 Å². The van der Waals surface area contributed by atoms with Gasteiger partial charge in [0.2, 0.25) is 5.69 Å². The lowest BCUT2D eigenvalue weighted by Crippen LogP contribution is -2.07. The van der Waals surface area contributed by atoms with Crippen molar-refractivity contribution in [3.05, 3.63) is 30.0 Å². The maximum atomic E-state index is 11.0. The maximum absolute atomic E-state index is 11.0. The molecular weight excluding hydrogens is 208 g/mol. The first kappa shape index (κ1) is 10.4. The lowest BCUT2D eigenvalue weighted by Gasteiger charge is -2.08. The standard InChI is InChI=1S/C11H10N2O3/c1-2-16-10-7-5-3-4-6-8(7)12-13-9(10)11(14)15/h3-6H,2H2,1H3,(H,14,15). The van der Waals surface area contributed by atoms with Gasteiger partial charge in [0.1, 0.15) is 0 Å². The van der Waals surface area contributed by atoms with Crippen molar-refractivity contribution in [2.75, 3.05) is 6.61 Å². The van der Waals surface area contributed by atoms with E-state index in [1.165, 1.54) is 0 Å². The first-order valence-corrected chi connectivity index (χ1v) is 4.85. The van der Waals surface area contributed by atoms with Crippen molar-refractivity contribution in [2.45, 2.75) is 6.92 Å². The lowest BCUT2D eigenvalue weighted by molar-refractivity contribution is 0.0685. The highest BCUT2D eigenvalue weighted by Crippen LogP contribution is 2.26. The van der Waals surface area contributed by atoms with Crippen molar-refractivity contribution < 1.29 is 14.6 Å². The van der Waals surface area contributed by atoms with Gasteiger partial charge in [0.15, 0.2) is 5.75 Å². The molecule has 16 heavy (non-hydrogen) atoms. The molecule has 5 nitrogen and oxygen atoms in total. The molecule has 0 saturated heterocycles. The summed E-state index contributed by atoms with van der Waals surface area (Å²) in [5, 5.41) is 17.1. The molecule has 82 valence electrons. The van der Waals surface area contributed by atoms with Crippen LogP contribution < -0.4 is 4.74 Å². The van der Waals surface area contributed by atoms with E-state index in [-0.39, 0.29) is 11.4 Å². The highest BCUT2D eigenvalue weighted by Gasteiger charge is 2.17. The van der Waals surface area contributed by atoms with Gasteiger partial charge in [0, 0.05) is 5.39 Å². The van der Waals surface area contributed by atoms with Crippen LogP contribution in [-0.4, -0.2) is 27.9 Å². The molecule has 2 rings (SSSR count). The third-order valence-corrected chi connectivity index (χ3v) is 2.11. The van der Waals surface area contributed by atoms with Gasteiger partial charge in [0.25, 0.3) is 0 Å². The van der Waals surface area contributed by atoms with Crippen molar-refractivity contribution in [1.82, 2.24) is 10.2 Å². The minimum absolute atomic E-state index is 0.152. The van der Waals surface area contributed by atoms with Gasteiger partial charge in [-0.15, -0.1) is 10.2 Å². The van der Waals surface area contributed by atoms with Crippen molar-refractivity contribution in [2.24, 2.45) is 0 Å². The third kappa shape index (κ3) is 1.67. The predicted octanol–water partition coefficient (Wildman–Crippen LogP) is 1.73. The van der Waals surface area contributed by atoms with E-state index in [9.17, 15) is 4.79 Å². The minimum atomic E-state index is -1.14. The summed E-state index contributed by atoms with van der Waals surface area (Å²) in [6.45, 7) is 2.18. The summed E-state index contributed by atoms with van der Waals surface area (Å²) >= 11 is 0. The summed E-state index contributed by atoms with van der Waals surface area (Å²) in [6, 6.07) is 7.14. The van der Waals surface area contributed by atoms with Crippen LogP contribution in [0.5, 0.6) is 5.75 Å². The van der Waals surface area contributed by atoms with E-state index in [1.54, 1.807) is 25.1 Å². The summed E-state index contributed by atoms with van der Waals surface area (Å²) in [7, 11) is 0. The molecule has 5 heteroatoms. The largest absolute Gasteiger partial charge is 0.491 e. The number of hydrogen-bond donors (Lipinski definition) is 1. The van der Waals surface area contributed by atoms with Crippen molar-refractivity contribution in [3.8, 4) is 5.75 Å². The van der Waals surface area contributed by atoms with Crippen LogP contribution in [0, 0.1) is 0 Å². The van der Waals surface area contributed by atoms with E-state index in [0.29, 0.717) is 17.5 Å². The number of rotatable bonds is 3. The number of ether oxygens (including phenoxy) is 1. The SMILES string of the molecule is CCOc1c(C(=O)O)nnc2ccccc12.